The zero-order valence-electron chi connectivity index (χ0n) is 13.9. The van der Waals surface area contributed by atoms with E-state index in [4.69, 9.17) is 4.74 Å². The molecule has 8 heteroatoms. The van der Waals surface area contributed by atoms with Gasteiger partial charge in [0.15, 0.2) is 6.10 Å². The molecule has 2 atom stereocenters. The zero-order chi connectivity index (χ0) is 17.7. The van der Waals surface area contributed by atoms with E-state index in [0.717, 1.165) is 25.5 Å². The van der Waals surface area contributed by atoms with Crippen molar-refractivity contribution < 1.29 is 22.3 Å². The molecule has 24 heavy (non-hydrogen) atoms. The van der Waals surface area contributed by atoms with Crippen molar-refractivity contribution in [2.24, 2.45) is 0 Å². The van der Waals surface area contributed by atoms with Crippen molar-refractivity contribution in [3.63, 3.8) is 0 Å². The highest BCUT2D eigenvalue weighted by molar-refractivity contribution is 7.88. The van der Waals surface area contributed by atoms with E-state index in [1.54, 1.807) is 11.8 Å². The maximum Gasteiger partial charge on any atom is 0.263 e. The van der Waals surface area contributed by atoms with Gasteiger partial charge in [0.05, 0.1) is 6.26 Å². The molecule has 1 aromatic carbocycles. The molecule has 1 saturated heterocycles. The van der Waals surface area contributed by atoms with E-state index in [1.165, 1.54) is 24.3 Å². The normalized spacial score (nSPS) is 19.8. The van der Waals surface area contributed by atoms with E-state index in [9.17, 15) is 17.6 Å². The minimum Gasteiger partial charge on any atom is -0.481 e. The third-order valence-corrected chi connectivity index (χ3v) is 4.66. The predicted octanol–water partition coefficient (Wildman–Crippen LogP) is 1.52. The van der Waals surface area contributed by atoms with Gasteiger partial charge < -0.3 is 9.64 Å². The van der Waals surface area contributed by atoms with E-state index in [2.05, 4.69) is 4.72 Å². The number of rotatable bonds is 6. The van der Waals surface area contributed by atoms with Gasteiger partial charge in [-0.25, -0.2) is 17.5 Å². The van der Waals surface area contributed by atoms with Gasteiger partial charge in [0, 0.05) is 19.1 Å². The van der Waals surface area contributed by atoms with Crippen molar-refractivity contribution in [1.29, 1.82) is 0 Å². The molecule has 1 amide bonds. The number of carbonyl (C=O) groups excluding carboxylic acids is 1. The lowest BCUT2D eigenvalue weighted by atomic mass is 10.0. The molecule has 6 nitrogen and oxygen atoms in total. The fraction of sp³-hybridized carbons (Fsp3) is 0.562. The Balaban J connectivity index is 2.00. The van der Waals surface area contributed by atoms with Crippen LogP contribution in [0.15, 0.2) is 24.3 Å². The minimum atomic E-state index is -3.30. The van der Waals surface area contributed by atoms with Crippen LogP contribution in [-0.4, -0.2) is 50.7 Å². The topological polar surface area (TPSA) is 75.7 Å². The van der Waals surface area contributed by atoms with Crippen molar-refractivity contribution in [3.8, 4) is 5.75 Å². The molecule has 0 unspecified atom stereocenters. The Labute approximate surface area is 142 Å². The first-order valence-electron chi connectivity index (χ1n) is 7.93. The van der Waals surface area contributed by atoms with E-state index in [0.29, 0.717) is 12.3 Å². The standard InChI is InChI=1S/C16H23FN2O4S/c1-12(23-15-8-6-13(17)7-9-15)16(20)19-10-4-3-5-14(19)11-18-24(2,21)22/h6-9,12,14,18H,3-5,10-11H2,1-2H3/t12-,14+/m0/s1. The molecule has 0 saturated carbocycles. The average molecular weight is 358 g/mol. The number of hydrogen-bond acceptors (Lipinski definition) is 4. The van der Waals surface area contributed by atoms with Gasteiger partial charge in [0.1, 0.15) is 11.6 Å². The van der Waals surface area contributed by atoms with Gasteiger partial charge in [-0.05, 0) is 50.5 Å². The quantitative estimate of drug-likeness (QED) is 0.837. The number of benzene rings is 1. The van der Waals surface area contributed by atoms with Gasteiger partial charge in [-0.2, -0.15) is 0 Å². The van der Waals surface area contributed by atoms with Gasteiger partial charge in [-0.15, -0.1) is 0 Å². The van der Waals surface area contributed by atoms with Crippen molar-refractivity contribution in [2.45, 2.75) is 38.3 Å². The van der Waals surface area contributed by atoms with Crippen molar-refractivity contribution in [3.05, 3.63) is 30.1 Å². The Morgan fingerprint density at radius 3 is 2.67 bits per heavy atom. The Morgan fingerprint density at radius 1 is 1.38 bits per heavy atom. The Kier molecular flexibility index (Phi) is 6.17. The summed E-state index contributed by atoms with van der Waals surface area (Å²) in [6.07, 6.45) is 2.95. The molecule has 0 bridgehead atoms. The first-order valence-corrected chi connectivity index (χ1v) is 9.83. The summed E-state index contributed by atoms with van der Waals surface area (Å²) in [7, 11) is -3.30. The molecule has 0 radical (unpaired) electrons. The lowest BCUT2D eigenvalue weighted by Gasteiger charge is -2.37. The van der Waals surface area contributed by atoms with E-state index in [-0.39, 0.29) is 24.3 Å². The van der Waals surface area contributed by atoms with Crippen LogP contribution in [0.2, 0.25) is 0 Å². The summed E-state index contributed by atoms with van der Waals surface area (Å²) in [6, 6.07) is 5.30. The largest absolute Gasteiger partial charge is 0.481 e. The number of piperidine rings is 1. The number of sulfonamides is 1. The number of amides is 1. The van der Waals surface area contributed by atoms with Crippen LogP contribution in [0.3, 0.4) is 0 Å². The monoisotopic (exact) mass is 358 g/mol. The minimum absolute atomic E-state index is 0.180. The van der Waals surface area contributed by atoms with E-state index in [1.807, 2.05) is 0 Å². The number of nitrogens with zero attached hydrogens (tertiary/aromatic N) is 1. The number of likely N-dealkylation sites (tertiary alicyclic amines) is 1. The van der Waals surface area contributed by atoms with Crippen molar-refractivity contribution >= 4 is 15.9 Å². The van der Waals surface area contributed by atoms with E-state index >= 15 is 0 Å². The molecule has 0 spiro atoms. The average Bonchev–Trinajstić information content (AvgIpc) is 2.54. The Hall–Kier alpha value is -1.67. The fourth-order valence-corrected chi connectivity index (χ4v) is 3.25. The van der Waals surface area contributed by atoms with Gasteiger partial charge in [0.2, 0.25) is 10.0 Å². The first-order chi connectivity index (χ1) is 11.3. The molecule has 0 aromatic heterocycles. The lowest BCUT2D eigenvalue weighted by Crippen LogP contribution is -2.52. The number of nitrogens with one attached hydrogen (secondary N) is 1. The molecule has 1 fully saturated rings. The second-order valence-corrected chi connectivity index (χ2v) is 7.85. The summed E-state index contributed by atoms with van der Waals surface area (Å²) in [6.45, 7) is 2.42. The highest BCUT2D eigenvalue weighted by atomic mass is 32.2. The van der Waals surface area contributed by atoms with Gasteiger partial charge in [-0.3, -0.25) is 4.79 Å². The zero-order valence-corrected chi connectivity index (χ0v) is 14.7. The van der Waals surface area contributed by atoms with Crippen LogP contribution in [-0.2, 0) is 14.8 Å². The molecule has 134 valence electrons. The molecule has 1 heterocycles. The smallest absolute Gasteiger partial charge is 0.263 e. The predicted molar refractivity (Wildman–Crippen MR) is 88.7 cm³/mol. The summed E-state index contributed by atoms with van der Waals surface area (Å²) in [5.74, 6) is -0.149. The van der Waals surface area contributed by atoms with Crippen LogP contribution in [0.1, 0.15) is 26.2 Å². The third kappa shape index (κ3) is 5.45. The number of ether oxygens (including phenoxy) is 1. The summed E-state index contributed by atoms with van der Waals surface area (Å²) in [5.41, 5.74) is 0. The second kappa shape index (κ2) is 7.94. The van der Waals surface area contributed by atoms with Crippen LogP contribution in [0.25, 0.3) is 0 Å². The highest BCUT2D eigenvalue weighted by Gasteiger charge is 2.31. The van der Waals surface area contributed by atoms with Crippen LogP contribution in [0.5, 0.6) is 5.75 Å². The lowest BCUT2D eigenvalue weighted by molar-refractivity contribution is -0.141. The molecule has 1 aliphatic rings. The third-order valence-electron chi connectivity index (χ3n) is 3.97. The molecule has 0 aliphatic carbocycles. The highest BCUT2D eigenvalue weighted by Crippen LogP contribution is 2.20. The number of halogens is 1. The SMILES string of the molecule is C[C@H](Oc1ccc(F)cc1)C(=O)N1CCCC[C@@H]1CNS(C)(=O)=O. The molecule has 1 aromatic rings. The van der Waals surface area contributed by atoms with Gasteiger partial charge in [0.25, 0.3) is 5.91 Å². The van der Waals surface area contributed by atoms with Crippen LogP contribution in [0, 0.1) is 5.82 Å². The summed E-state index contributed by atoms with van der Waals surface area (Å²) in [4.78, 5) is 14.3. The van der Waals surface area contributed by atoms with Crippen LogP contribution < -0.4 is 9.46 Å². The van der Waals surface area contributed by atoms with Crippen LogP contribution in [0.4, 0.5) is 4.39 Å². The molecular weight excluding hydrogens is 335 g/mol. The van der Waals surface area contributed by atoms with Gasteiger partial charge in [-0.1, -0.05) is 0 Å². The first kappa shape index (κ1) is 18.7. The van der Waals surface area contributed by atoms with Crippen molar-refractivity contribution in [1.82, 2.24) is 9.62 Å². The molecule has 2 rings (SSSR count). The second-order valence-electron chi connectivity index (χ2n) is 6.02. The fourth-order valence-electron chi connectivity index (χ4n) is 2.75. The molecule has 1 aliphatic heterocycles. The van der Waals surface area contributed by atoms with Gasteiger partial charge >= 0.3 is 0 Å². The Bertz CT molecular complexity index is 663. The maximum atomic E-state index is 12.9. The Morgan fingerprint density at radius 2 is 2.04 bits per heavy atom. The number of carbonyl (C=O) groups is 1. The number of hydrogen-bond donors (Lipinski definition) is 1. The van der Waals surface area contributed by atoms with Crippen molar-refractivity contribution in [2.75, 3.05) is 19.3 Å². The van der Waals surface area contributed by atoms with E-state index < -0.39 is 16.1 Å². The molecular formula is C16H23FN2O4S. The molecule has 1 N–H and O–H groups in total. The summed E-state index contributed by atoms with van der Waals surface area (Å²) < 4.78 is 43.5. The van der Waals surface area contributed by atoms with Crippen LogP contribution >= 0.6 is 0 Å². The summed E-state index contributed by atoms with van der Waals surface area (Å²) >= 11 is 0. The summed E-state index contributed by atoms with van der Waals surface area (Å²) in [5, 5.41) is 0. The maximum absolute atomic E-state index is 12.9.